The Labute approximate surface area is 115 Å². The second kappa shape index (κ2) is 5.93. The summed E-state index contributed by atoms with van der Waals surface area (Å²) in [6.45, 7) is 4.21. The molecule has 19 heavy (non-hydrogen) atoms. The fourth-order valence-corrected chi connectivity index (χ4v) is 3.67. The number of carbonyl (C=O) groups excluding carboxylic acids is 1. The lowest BCUT2D eigenvalue weighted by molar-refractivity contribution is -0.146. The number of carboxylic acids is 1. The number of carbonyl (C=O) groups is 2. The highest BCUT2D eigenvalue weighted by atomic mass is 16.4. The van der Waals surface area contributed by atoms with Gasteiger partial charge in [-0.15, -0.1) is 0 Å². The van der Waals surface area contributed by atoms with Gasteiger partial charge in [-0.1, -0.05) is 26.7 Å². The average Bonchev–Trinajstić information content (AvgIpc) is 2.74. The first-order valence-corrected chi connectivity index (χ1v) is 7.52. The van der Waals surface area contributed by atoms with E-state index in [9.17, 15) is 14.7 Å². The Morgan fingerprint density at radius 1 is 1.05 bits per heavy atom. The van der Waals surface area contributed by atoms with E-state index in [0.29, 0.717) is 24.7 Å². The van der Waals surface area contributed by atoms with E-state index in [-0.39, 0.29) is 17.9 Å². The van der Waals surface area contributed by atoms with Crippen molar-refractivity contribution in [1.29, 1.82) is 0 Å². The lowest BCUT2D eigenvalue weighted by Gasteiger charge is -2.31. The van der Waals surface area contributed by atoms with Gasteiger partial charge in [-0.3, -0.25) is 9.59 Å². The van der Waals surface area contributed by atoms with E-state index < -0.39 is 11.9 Å². The molecule has 0 aliphatic heterocycles. The average molecular weight is 267 g/mol. The van der Waals surface area contributed by atoms with Crippen molar-refractivity contribution in [1.82, 2.24) is 5.32 Å². The van der Waals surface area contributed by atoms with Crippen LogP contribution in [0, 0.1) is 23.7 Å². The van der Waals surface area contributed by atoms with Crippen LogP contribution < -0.4 is 5.32 Å². The van der Waals surface area contributed by atoms with Gasteiger partial charge in [0.1, 0.15) is 0 Å². The third-order valence-electron chi connectivity index (χ3n) is 4.89. The second-order valence-electron chi connectivity index (χ2n) is 6.50. The summed E-state index contributed by atoms with van der Waals surface area (Å²) in [5.74, 6) is -0.826. The summed E-state index contributed by atoms with van der Waals surface area (Å²) >= 11 is 0. The Morgan fingerprint density at radius 2 is 1.68 bits per heavy atom. The maximum atomic E-state index is 12.3. The zero-order valence-electron chi connectivity index (χ0n) is 11.9. The van der Waals surface area contributed by atoms with Crippen LogP contribution in [0.2, 0.25) is 0 Å². The molecule has 2 aliphatic carbocycles. The van der Waals surface area contributed by atoms with Crippen molar-refractivity contribution < 1.29 is 14.7 Å². The van der Waals surface area contributed by atoms with Gasteiger partial charge in [-0.2, -0.15) is 0 Å². The van der Waals surface area contributed by atoms with Gasteiger partial charge >= 0.3 is 5.97 Å². The largest absolute Gasteiger partial charge is 0.481 e. The summed E-state index contributed by atoms with van der Waals surface area (Å²) in [5, 5.41) is 12.3. The topological polar surface area (TPSA) is 66.4 Å². The fourth-order valence-electron chi connectivity index (χ4n) is 3.67. The molecular formula is C15H25NO3. The normalized spacial score (nSPS) is 38.9. The minimum Gasteiger partial charge on any atom is -0.481 e. The van der Waals surface area contributed by atoms with Crippen LogP contribution in [-0.2, 0) is 9.59 Å². The third-order valence-corrected chi connectivity index (χ3v) is 4.89. The van der Waals surface area contributed by atoms with Gasteiger partial charge in [0.2, 0.25) is 5.91 Å². The Balaban J connectivity index is 1.96. The molecule has 2 saturated carbocycles. The zero-order chi connectivity index (χ0) is 14.0. The number of rotatable bonds is 3. The summed E-state index contributed by atoms with van der Waals surface area (Å²) < 4.78 is 0. The van der Waals surface area contributed by atoms with Gasteiger partial charge < -0.3 is 10.4 Å². The quantitative estimate of drug-likeness (QED) is 0.825. The molecule has 0 radical (unpaired) electrons. The van der Waals surface area contributed by atoms with Crippen LogP contribution >= 0.6 is 0 Å². The molecule has 5 atom stereocenters. The molecule has 0 aromatic carbocycles. The van der Waals surface area contributed by atoms with Crippen molar-refractivity contribution in [3.63, 3.8) is 0 Å². The molecule has 0 bridgehead atoms. The molecule has 2 rings (SSSR count). The molecule has 0 aromatic heterocycles. The van der Waals surface area contributed by atoms with Gasteiger partial charge in [0.05, 0.1) is 11.8 Å². The number of aliphatic carboxylic acids is 1. The van der Waals surface area contributed by atoms with Crippen LogP contribution in [0.1, 0.15) is 52.4 Å². The third kappa shape index (κ3) is 3.28. The Morgan fingerprint density at radius 3 is 2.32 bits per heavy atom. The number of hydrogen-bond donors (Lipinski definition) is 2. The molecule has 2 N–H and O–H groups in total. The van der Waals surface area contributed by atoms with E-state index in [2.05, 4.69) is 12.2 Å². The van der Waals surface area contributed by atoms with E-state index in [1.807, 2.05) is 6.92 Å². The summed E-state index contributed by atoms with van der Waals surface area (Å²) in [6, 6.07) is 0.242. The molecule has 4 heteroatoms. The highest BCUT2D eigenvalue weighted by Gasteiger charge is 2.41. The fraction of sp³-hybridized carbons (Fsp3) is 0.867. The number of hydrogen-bond acceptors (Lipinski definition) is 2. The molecule has 4 nitrogen and oxygen atoms in total. The van der Waals surface area contributed by atoms with E-state index in [0.717, 1.165) is 12.8 Å². The van der Waals surface area contributed by atoms with Crippen LogP contribution in [0.15, 0.2) is 0 Å². The van der Waals surface area contributed by atoms with Crippen LogP contribution in [0.25, 0.3) is 0 Å². The monoisotopic (exact) mass is 267 g/mol. The molecule has 0 saturated heterocycles. The standard InChI is InChI=1S/C15H25NO3/c1-9-7-11(12(8-9)15(18)19)14(17)16-13-6-4-3-5-10(13)2/h9-13H,3-8H2,1-2H3,(H,16,17)(H,18,19)/t9?,10?,11-,12+,13?/m0/s1. The van der Waals surface area contributed by atoms with Crippen molar-refractivity contribution >= 4 is 11.9 Å². The van der Waals surface area contributed by atoms with E-state index in [1.165, 1.54) is 12.8 Å². The molecule has 3 unspecified atom stereocenters. The minimum atomic E-state index is -0.818. The number of carboxylic acid groups (broad SMARTS) is 1. The SMILES string of the molecule is CC1C[C@H](C(=O)NC2CCCCC2C)[C@H](C(=O)O)C1. The lowest BCUT2D eigenvalue weighted by Crippen LogP contribution is -2.45. The van der Waals surface area contributed by atoms with Gasteiger partial charge in [0.25, 0.3) is 0 Å². The van der Waals surface area contributed by atoms with Crippen molar-refractivity contribution in [2.75, 3.05) is 0 Å². The molecule has 0 heterocycles. The van der Waals surface area contributed by atoms with Gasteiger partial charge in [0, 0.05) is 6.04 Å². The smallest absolute Gasteiger partial charge is 0.307 e. The summed E-state index contributed by atoms with van der Waals surface area (Å²) in [5.41, 5.74) is 0. The molecule has 0 aromatic rings. The molecule has 1 amide bonds. The van der Waals surface area contributed by atoms with Gasteiger partial charge in [0.15, 0.2) is 0 Å². The molecule has 0 spiro atoms. The Hall–Kier alpha value is -1.06. The van der Waals surface area contributed by atoms with Gasteiger partial charge in [-0.05, 0) is 37.5 Å². The molecule has 2 fully saturated rings. The Kier molecular flexibility index (Phi) is 4.48. The predicted molar refractivity (Wildman–Crippen MR) is 72.6 cm³/mol. The van der Waals surface area contributed by atoms with Crippen LogP contribution in [0.5, 0.6) is 0 Å². The van der Waals surface area contributed by atoms with Crippen LogP contribution in [-0.4, -0.2) is 23.0 Å². The molecular weight excluding hydrogens is 242 g/mol. The van der Waals surface area contributed by atoms with Crippen molar-refractivity contribution in [3.8, 4) is 0 Å². The van der Waals surface area contributed by atoms with Crippen molar-refractivity contribution in [2.45, 2.75) is 58.4 Å². The van der Waals surface area contributed by atoms with Crippen LogP contribution in [0.3, 0.4) is 0 Å². The van der Waals surface area contributed by atoms with E-state index in [4.69, 9.17) is 0 Å². The number of amides is 1. The summed E-state index contributed by atoms with van der Waals surface area (Å²) in [6.07, 6.45) is 5.95. The lowest BCUT2D eigenvalue weighted by atomic mass is 9.85. The summed E-state index contributed by atoms with van der Waals surface area (Å²) in [4.78, 5) is 23.6. The number of nitrogens with one attached hydrogen (secondary N) is 1. The van der Waals surface area contributed by atoms with Gasteiger partial charge in [-0.25, -0.2) is 0 Å². The van der Waals surface area contributed by atoms with Crippen molar-refractivity contribution in [2.24, 2.45) is 23.7 Å². The first-order chi connectivity index (χ1) is 8.99. The Bertz CT molecular complexity index is 355. The minimum absolute atomic E-state index is 0.0319. The van der Waals surface area contributed by atoms with Crippen LogP contribution in [0.4, 0.5) is 0 Å². The zero-order valence-corrected chi connectivity index (χ0v) is 11.9. The molecule has 108 valence electrons. The van der Waals surface area contributed by atoms with E-state index >= 15 is 0 Å². The summed E-state index contributed by atoms with van der Waals surface area (Å²) in [7, 11) is 0. The predicted octanol–water partition coefficient (Wildman–Crippen LogP) is 2.43. The molecule has 2 aliphatic rings. The van der Waals surface area contributed by atoms with Crippen molar-refractivity contribution in [3.05, 3.63) is 0 Å². The highest BCUT2D eigenvalue weighted by Crippen LogP contribution is 2.37. The second-order valence-corrected chi connectivity index (χ2v) is 6.50. The highest BCUT2D eigenvalue weighted by molar-refractivity contribution is 5.85. The maximum Gasteiger partial charge on any atom is 0.307 e. The van der Waals surface area contributed by atoms with E-state index in [1.54, 1.807) is 0 Å². The maximum absolute atomic E-state index is 12.3. The first kappa shape index (κ1) is 14.4. The first-order valence-electron chi connectivity index (χ1n) is 7.52.